The van der Waals surface area contributed by atoms with Gasteiger partial charge in [-0.15, -0.1) is 0 Å². The number of hydrogen-bond acceptors (Lipinski definition) is 5. The van der Waals surface area contributed by atoms with Crippen molar-refractivity contribution in [2.24, 2.45) is 5.41 Å². The molecule has 0 saturated heterocycles. The predicted molar refractivity (Wildman–Crippen MR) is 111 cm³/mol. The van der Waals surface area contributed by atoms with Crippen molar-refractivity contribution in [2.45, 2.75) is 42.7 Å². The standard InChI is InChI=1S/C20H22ClN5S/c1-26(19-15-6-7-22-18(15)23-12-24-19)14-10-20(11-14)8-13(9-20)25-27-17-5-3-2-4-16(17)21/h2-7,12-14,25H,8-11H2,1H3,(H,22,23,24). The molecule has 7 heteroatoms. The smallest absolute Gasteiger partial charge is 0.142 e. The van der Waals surface area contributed by atoms with E-state index in [0.717, 1.165) is 26.8 Å². The molecule has 3 aromatic rings. The number of rotatable bonds is 5. The van der Waals surface area contributed by atoms with E-state index < -0.39 is 0 Å². The number of H-pyrrole nitrogens is 1. The molecule has 140 valence electrons. The lowest BCUT2D eigenvalue weighted by Gasteiger charge is -2.59. The Morgan fingerprint density at radius 2 is 2.00 bits per heavy atom. The van der Waals surface area contributed by atoms with Crippen LogP contribution in [0, 0.1) is 5.41 Å². The molecule has 2 aliphatic carbocycles. The van der Waals surface area contributed by atoms with Crippen molar-refractivity contribution in [1.29, 1.82) is 0 Å². The SMILES string of the molecule is CN(c1ncnc2[nH]ccc12)C1CC2(CC(NSc3ccccc3Cl)C2)C1. The molecule has 0 bridgehead atoms. The van der Waals surface area contributed by atoms with Crippen LogP contribution in [0.2, 0.25) is 5.02 Å². The molecular weight excluding hydrogens is 378 g/mol. The summed E-state index contributed by atoms with van der Waals surface area (Å²) in [5, 5.41) is 1.92. The zero-order valence-electron chi connectivity index (χ0n) is 15.2. The third-order valence-corrected chi connectivity index (χ3v) is 7.55. The Morgan fingerprint density at radius 1 is 1.19 bits per heavy atom. The molecule has 1 spiro atoms. The van der Waals surface area contributed by atoms with Crippen LogP contribution in [0.5, 0.6) is 0 Å². The number of aromatic nitrogens is 3. The van der Waals surface area contributed by atoms with Gasteiger partial charge in [-0.25, -0.2) is 9.97 Å². The van der Waals surface area contributed by atoms with Crippen LogP contribution >= 0.6 is 23.5 Å². The van der Waals surface area contributed by atoms with E-state index in [0.29, 0.717) is 17.5 Å². The van der Waals surface area contributed by atoms with Crippen LogP contribution in [0.1, 0.15) is 25.7 Å². The van der Waals surface area contributed by atoms with E-state index in [-0.39, 0.29) is 0 Å². The minimum atomic E-state index is 0.516. The van der Waals surface area contributed by atoms with Gasteiger partial charge in [0.05, 0.1) is 10.4 Å². The lowest BCUT2D eigenvalue weighted by Crippen LogP contribution is -2.59. The van der Waals surface area contributed by atoms with Gasteiger partial charge in [0, 0.05) is 30.2 Å². The quantitative estimate of drug-likeness (QED) is 0.611. The van der Waals surface area contributed by atoms with E-state index in [9.17, 15) is 0 Å². The highest BCUT2D eigenvalue weighted by atomic mass is 35.5. The molecule has 2 saturated carbocycles. The summed E-state index contributed by atoms with van der Waals surface area (Å²) in [6, 6.07) is 11.2. The lowest BCUT2D eigenvalue weighted by molar-refractivity contribution is -0.0112. The average Bonchev–Trinajstić information content (AvgIpc) is 3.08. The van der Waals surface area contributed by atoms with Crippen LogP contribution < -0.4 is 9.62 Å². The fourth-order valence-electron chi connectivity index (χ4n) is 4.60. The third-order valence-electron chi connectivity index (χ3n) is 6.08. The highest BCUT2D eigenvalue weighted by Gasteiger charge is 2.54. The second kappa shape index (κ2) is 6.69. The minimum Gasteiger partial charge on any atom is -0.356 e. The number of halogens is 1. The third kappa shape index (κ3) is 3.10. The fourth-order valence-corrected chi connectivity index (χ4v) is 5.63. The van der Waals surface area contributed by atoms with Gasteiger partial charge in [0.2, 0.25) is 0 Å². The van der Waals surface area contributed by atoms with E-state index in [1.54, 1.807) is 18.3 Å². The highest BCUT2D eigenvalue weighted by Crippen LogP contribution is 2.58. The largest absolute Gasteiger partial charge is 0.356 e. The molecule has 0 atom stereocenters. The summed E-state index contributed by atoms with van der Waals surface area (Å²) in [4.78, 5) is 15.4. The first-order valence-corrected chi connectivity index (χ1v) is 10.5. The van der Waals surface area contributed by atoms with Gasteiger partial charge < -0.3 is 9.88 Å². The Kier molecular flexibility index (Phi) is 4.30. The highest BCUT2D eigenvalue weighted by molar-refractivity contribution is 7.97. The Hall–Kier alpha value is -1.76. The number of anilines is 1. The van der Waals surface area contributed by atoms with E-state index in [1.807, 2.05) is 24.4 Å². The summed E-state index contributed by atoms with van der Waals surface area (Å²) in [7, 11) is 2.16. The summed E-state index contributed by atoms with van der Waals surface area (Å²) >= 11 is 7.89. The number of nitrogens with one attached hydrogen (secondary N) is 2. The van der Waals surface area contributed by atoms with Crippen LogP contribution in [0.4, 0.5) is 5.82 Å². The van der Waals surface area contributed by atoms with Crippen molar-refractivity contribution < 1.29 is 0 Å². The van der Waals surface area contributed by atoms with Crippen LogP contribution in [-0.2, 0) is 0 Å². The molecule has 5 nitrogen and oxygen atoms in total. The summed E-state index contributed by atoms with van der Waals surface area (Å²) in [5.74, 6) is 1.03. The number of fused-ring (bicyclic) bond motifs is 1. The van der Waals surface area contributed by atoms with Gasteiger partial charge in [0.15, 0.2) is 0 Å². The van der Waals surface area contributed by atoms with Crippen LogP contribution in [0.15, 0.2) is 47.8 Å². The number of benzene rings is 1. The van der Waals surface area contributed by atoms with E-state index >= 15 is 0 Å². The van der Waals surface area contributed by atoms with Gasteiger partial charge >= 0.3 is 0 Å². The first-order chi connectivity index (χ1) is 13.1. The maximum absolute atomic E-state index is 6.23. The molecule has 2 N–H and O–H groups in total. The monoisotopic (exact) mass is 399 g/mol. The molecule has 1 aromatic carbocycles. The van der Waals surface area contributed by atoms with Crippen molar-refractivity contribution in [3.63, 3.8) is 0 Å². The van der Waals surface area contributed by atoms with Crippen molar-refractivity contribution in [3.8, 4) is 0 Å². The van der Waals surface area contributed by atoms with Gasteiger partial charge in [0.1, 0.15) is 17.8 Å². The second-order valence-corrected chi connectivity index (χ2v) is 9.15. The number of nitrogens with zero attached hydrogens (tertiary/aromatic N) is 3. The average molecular weight is 400 g/mol. The first-order valence-electron chi connectivity index (χ1n) is 9.31. The summed E-state index contributed by atoms with van der Waals surface area (Å²) in [5.41, 5.74) is 1.42. The van der Waals surface area contributed by atoms with Crippen LogP contribution in [0.3, 0.4) is 0 Å². The molecule has 2 aromatic heterocycles. The zero-order valence-corrected chi connectivity index (χ0v) is 16.7. The Labute approximate surface area is 168 Å². The van der Waals surface area contributed by atoms with Crippen molar-refractivity contribution in [1.82, 2.24) is 19.7 Å². The molecule has 0 amide bonds. The predicted octanol–water partition coefficient (Wildman–Crippen LogP) is 4.66. The van der Waals surface area contributed by atoms with Gasteiger partial charge in [-0.2, -0.15) is 0 Å². The van der Waals surface area contributed by atoms with Gasteiger partial charge in [-0.05, 0) is 61.2 Å². The lowest BCUT2D eigenvalue weighted by atomic mass is 9.52. The summed E-state index contributed by atoms with van der Waals surface area (Å²) in [6.07, 6.45) is 8.56. The van der Waals surface area contributed by atoms with Gasteiger partial charge in [0.25, 0.3) is 0 Å². The molecule has 2 aliphatic rings. The van der Waals surface area contributed by atoms with Gasteiger partial charge in [-0.1, -0.05) is 23.7 Å². The van der Waals surface area contributed by atoms with Crippen molar-refractivity contribution in [3.05, 3.63) is 47.9 Å². The Morgan fingerprint density at radius 3 is 2.81 bits per heavy atom. The van der Waals surface area contributed by atoms with Gasteiger partial charge in [-0.3, -0.25) is 4.72 Å². The molecule has 5 rings (SSSR count). The maximum atomic E-state index is 6.23. The molecular formula is C20H22ClN5S. The maximum Gasteiger partial charge on any atom is 0.142 e. The fraction of sp³-hybridized carbons (Fsp3) is 0.400. The number of aromatic amines is 1. The topological polar surface area (TPSA) is 56.8 Å². The molecule has 27 heavy (non-hydrogen) atoms. The Bertz CT molecular complexity index is 960. The second-order valence-electron chi connectivity index (χ2n) is 7.87. The van der Waals surface area contributed by atoms with Crippen molar-refractivity contribution in [2.75, 3.05) is 11.9 Å². The Balaban J connectivity index is 1.15. The zero-order chi connectivity index (χ0) is 18.4. The van der Waals surface area contributed by atoms with E-state index in [2.05, 4.69) is 43.8 Å². The summed E-state index contributed by atoms with van der Waals surface area (Å²) < 4.78 is 3.59. The normalized spacial score (nSPS) is 26.7. The van der Waals surface area contributed by atoms with Crippen molar-refractivity contribution >= 4 is 40.4 Å². The minimum absolute atomic E-state index is 0.516. The van der Waals surface area contributed by atoms with Crippen LogP contribution in [-0.4, -0.2) is 34.1 Å². The van der Waals surface area contributed by atoms with E-state index in [4.69, 9.17) is 11.6 Å². The molecule has 2 fully saturated rings. The van der Waals surface area contributed by atoms with E-state index in [1.165, 1.54) is 25.7 Å². The first kappa shape index (κ1) is 17.3. The molecule has 0 radical (unpaired) electrons. The number of hydrogen-bond donors (Lipinski definition) is 2. The van der Waals surface area contributed by atoms with Crippen LogP contribution in [0.25, 0.3) is 11.0 Å². The molecule has 0 unspecified atom stereocenters. The molecule has 2 heterocycles. The summed E-state index contributed by atoms with van der Waals surface area (Å²) in [6.45, 7) is 0. The molecule has 0 aliphatic heterocycles.